The maximum atomic E-state index is 10.3. The molecule has 0 saturated carbocycles. The number of anilines is 1. The Morgan fingerprint density at radius 1 is 1.35 bits per heavy atom. The van der Waals surface area contributed by atoms with Crippen molar-refractivity contribution in [1.82, 2.24) is 10.3 Å². The van der Waals surface area contributed by atoms with Crippen LogP contribution < -0.4 is 10.6 Å². The van der Waals surface area contributed by atoms with Crippen molar-refractivity contribution in [3.8, 4) is 16.3 Å². The van der Waals surface area contributed by atoms with Crippen molar-refractivity contribution in [3.05, 3.63) is 41.4 Å². The number of phenols is 1. The summed E-state index contributed by atoms with van der Waals surface area (Å²) in [6.07, 6.45) is 2.08. The highest BCUT2D eigenvalue weighted by atomic mass is 35.5. The van der Waals surface area contributed by atoms with Crippen LogP contribution in [-0.2, 0) is 0 Å². The minimum absolute atomic E-state index is 0.0242. The summed E-state index contributed by atoms with van der Waals surface area (Å²) in [6.45, 7) is 4.20. The van der Waals surface area contributed by atoms with E-state index in [2.05, 4.69) is 29.5 Å². The molecule has 26 heavy (non-hydrogen) atoms. The van der Waals surface area contributed by atoms with Crippen LogP contribution in [0.15, 0.2) is 36.4 Å². The lowest BCUT2D eigenvalue weighted by Gasteiger charge is -2.17. The maximum Gasteiger partial charge on any atom is 0.171 e. The third-order valence-corrected chi connectivity index (χ3v) is 5.55. The number of nitrogens with one attached hydrogen (secondary N) is 2. The van der Waals surface area contributed by atoms with Crippen LogP contribution >= 0.6 is 35.2 Å². The summed E-state index contributed by atoms with van der Waals surface area (Å²) < 4.78 is 1.10. The number of para-hydroxylation sites is 1. The SMILES string of the molecule is CCCC(C)NC(=S)Nc1cc(-c2nc3ccccc3s2)cc(Cl)c1O. The van der Waals surface area contributed by atoms with Gasteiger partial charge in [0.15, 0.2) is 10.9 Å². The second-order valence-corrected chi connectivity index (χ2v) is 7.98. The summed E-state index contributed by atoms with van der Waals surface area (Å²) in [4.78, 5) is 4.65. The van der Waals surface area contributed by atoms with Crippen molar-refractivity contribution >= 4 is 56.2 Å². The van der Waals surface area contributed by atoms with Crippen molar-refractivity contribution in [2.24, 2.45) is 0 Å². The molecule has 0 amide bonds. The molecular formula is C19H20ClN3OS2. The van der Waals surface area contributed by atoms with E-state index in [0.29, 0.717) is 10.8 Å². The third-order valence-electron chi connectivity index (χ3n) is 3.95. The van der Waals surface area contributed by atoms with Gasteiger partial charge in [-0.05, 0) is 49.8 Å². The largest absolute Gasteiger partial charge is 0.504 e. The Labute approximate surface area is 167 Å². The third kappa shape index (κ3) is 4.26. The lowest BCUT2D eigenvalue weighted by atomic mass is 10.2. The molecule has 1 heterocycles. The Hall–Kier alpha value is -1.89. The average molecular weight is 406 g/mol. The number of thiazole rings is 1. The standard InChI is InChI=1S/C19H20ClN3OS2/c1-3-6-11(2)21-19(25)23-15-10-12(9-13(20)17(15)24)18-22-14-7-4-5-8-16(14)26-18/h4-5,7-11,24H,3,6H2,1-2H3,(H2,21,23,25). The molecule has 136 valence electrons. The van der Waals surface area contributed by atoms with Crippen molar-refractivity contribution in [2.75, 3.05) is 5.32 Å². The average Bonchev–Trinajstić information content (AvgIpc) is 3.03. The normalized spacial score (nSPS) is 12.1. The first-order valence-corrected chi connectivity index (χ1v) is 10.0. The highest BCUT2D eigenvalue weighted by Gasteiger charge is 2.14. The predicted molar refractivity (Wildman–Crippen MR) is 115 cm³/mol. The summed E-state index contributed by atoms with van der Waals surface area (Å²) in [5.74, 6) is -0.0242. The fourth-order valence-electron chi connectivity index (χ4n) is 2.70. The number of fused-ring (bicyclic) bond motifs is 1. The molecule has 3 aromatic rings. The molecule has 0 aliphatic rings. The number of hydrogen-bond donors (Lipinski definition) is 3. The van der Waals surface area contributed by atoms with Crippen molar-refractivity contribution < 1.29 is 5.11 Å². The van der Waals surface area contributed by atoms with Gasteiger partial charge in [0.1, 0.15) is 5.01 Å². The van der Waals surface area contributed by atoms with E-state index in [9.17, 15) is 5.11 Å². The Morgan fingerprint density at radius 2 is 2.12 bits per heavy atom. The van der Waals surface area contributed by atoms with Gasteiger partial charge < -0.3 is 15.7 Å². The molecule has 1 atom stereocenters. The van der Waals surface area contributed by atoms with Gasteiger partial charge in [0, 0.05) is 11.6 Å². The number of hydrogen-bond acceptors (Lipinski definition) is 4. The molecule has 0 radical (unpaired) electrons. The second kappa shape index (κ2) is 8.20. The molecule has 3 rings (SSSR count). The number of thiocarbonyl (C=S) groups is 1. The Morgan fingerprint density at radius 3 is 2.85 bits per heavy atom. The minimum atomic E-state index is -0.0242. The molecule has 0 saturated heterocycles. The number of halogens is 1. The van der Waals surface area contributed by atoms with Gasteiger partial charge in [-0.25, -0.2) is 4.98 Å². The molecule has 0 aliphatic heterocycles. The van der Waals surface area contributed by atoms with Crippen LogP contribution in [0.4, 0.5) is 5.69 Å². The minimum Gasteiger partial charge on any atom is -0.504 e. The number of aromatic hydroxyl groups is 1. The Bertz CT molecular complexity index is 909. The van der Waals surface area contributed by atoms with Crippen LogP contribution in [0, 0.1) is 0 Å². The highest BCUT2D eigenvalue weighted by Crippen LogP contribution is 2.39. The molecule has 2 aromatic carbocycles. The van der Waals surface area contributed by atoms with E-state index in [1.54, 1.807) is 17.4 Å². The number of aromatic nitrogens is 1. The highest BCUT2D eigenvalue weighted by molar-refractivity contribution is 7.80. The number of nitrogens with zero attached hydrogens (tertiary/aromatic N) is 1. The molecule has 1 unspecified atom stereocenters. The van der Waals surface area contributed by atoms with Gasteiger partial charge in [0.05, 0.1) is 20.9 Å². The Balaban J connectivity index is 1.88. The van der Waals surface area contributed by atoms with E-state index in [1.165, 1.54) is 0 Å². The molecule has 3 N–H and O–H groups in total. The second-order valence-electron chi connectivity index (χ2n) is 6.13. The smallest absolute Gasteiger partial charge is 0.171 e. The summed E-state index contributed by atoms with van der Waals surface area (Å²) in [7, 11) is 0. The van der Waals surface area contributed by atoms with Gasteiger partial charge in [-0.3, -0.25) is 0 Å². The van der Waals surface area contributed by atoms with Gasteiger partial charge in [-0.1, -0.05) is 37.1 Å². The van der Waals surface area contributed by atoms with Gasteiger partial charge >= 0.3 is 0 Å². The van der Waals surface area contributed by atoms with E-state index in [1.807, 2.05) is 30.3 Å². The first-order valence-electron chi connectivity index (χ1n) is 8.44. The fraction of sp³-hybridized carbons (Fsp3) is 0.263. The van der Waals surface area contributed by atoms with Crippen LogP contribution in [0.2, 0.25) is 5.02 Å². The monoisotopic (exact) mass is 405 g/mol. The van der Waals surface area contributed by atoms with Crippen molar-refractivity contribution in [3.63, 3.8) is 0 Å². The zero-order chi connectivity index (χ0) is 18.7. The molecule has 4 nitrogen and oxygen atoms in total. The van der Waals surface area contributed by atoms with Gasteiger partial charge in [0.25, 0.3) is 0 Å². The van der Waals surface area contributed by atoms with Crippen molar-refractivity contribution in [1.29, 1.82) is 0 Å². The first-order chi connectivity index (χ1) is 12.5. The molecule has 0 fully saturated rings. The zero-order valence-electron chi connectivity index (χ0n) is 14.5. The van der Waals surface area contributed by atoms with E-state index in [0.717, 1.165) is 33.6 Å². The molecule has 7 heteroatoms. The fourth-order valence-corrected chi connectivity index (χ4v) is 4.18. The number of rotatable bonds is 5. The Kier molecular flexibility index (Phi) is 5.96. The molecular weight excluding hydrogens is 386 g/mol. The van der Waals surface area contributed by atoms with Crippen LogP contribution in [-0.4, -0.2) is 21.2 Å². The van der Waals surface area contributed by atoms with E-state index in [-0.39, 0.29) is 16.8 Å². The predicted octanol–water partition coefficient (Wildman–Crippen LogP) is 5.80. The maximum absolute atomic E-state index is 10.3. The molecule has 0 aliphatic carbocycles. The number of benzene rings is 2. The molecule has 1 aromatic heterocycles. The van der Waals surface area contributed by atoms with Crippen LogP contribution in [0.1, 0.15) is 26.7 Å². The zero-order valence-corrected chi connectivity index (χ0v) is 16.9. The summed E-state index contributed by atoms with van der Waals surface area (Å²) >= 11 is 13.2. The summed E-state index contributed by atoms with van der Waals surface area (Å²) in [6, 6.07) is 11.8. The lowest BCUT2D eigenvalue weighted by Crippen LogP contribution is -2.35. The quantitative estimate of drug-likeness (QED) is 0.370. The van der Waals surface area contributed by atoms with Crippen LogP contribution in [0.25, 0.3) is 20.8 Å². The van der Waals surface area contributed by atoms with Crippen LogP contribution in [0.3, 0.4) is 0 Å². The van der Waals surface area contributed by atoms with Crippen molar-refractivity contribution in [2.45, 2.75) is 32.7 Å². The van der Waals surface area contributed by atoms with Gasteiger partial charge in [0.2, 0.25) is 0 Å². The molecule has 0 spiro atoms. The van der Waals surface area contributed by atoms with E-state index in [4.69, 9.17) is 23.8 Å². The summed E-state index contributed by atoms with van der Waals surface area (Å²) in [5, 5.41) is 18.1. The topological polar surface area (TPSA) is 57.2 Å². The van der Waals surface area contributed by atoms with E-state index >= 15 is 0 Å². The van der Waals surface area contributed by atoms with Gasteiger partial charge in [-0.15, -0.1) is 11.3 Å². The van der Waals surface area contributed by atoms with Crippen LogP contribution in [0.5, 0.6) is 5.75 Å². The lowest BCUT2D eigenvalue weighted by molar-refractivity contribution is 0.478. The number of phenolic OH excluding ortho intramolecular Hbond substituents is 1. The first kappa shape index (κ1) is 18.9. The van der Waals surface area contributed by atoms with E-state index < -0.39 is 0 Å². The summed E-state index contributed by atoms with van der Waals surface area (Å²) in [5.41, 5.74) is 2.24. The molecule has 0 bridgehead atoms. The van der Waals surface area contributed by atoms with Gasteiger partial charge in [-0.2, -0.15) is 0 Å².